The number of halogens is 1. The van der Waals surface area contributed by atoms with Crippen LogP contribution in [0.25, 0.3) is 22.1 Å². The zero-order valence-corrected chi connectivity index (χ0v) is 14.4. The van der Waals surface area contributed by atoms with Crippen molar-refractivity contribution in [2.24, 2.45) is 0 Å². The predicted octanol–water partition coefficient (Wildman–Crippen LogP) is 3.45. The fourth-order valence-corrected chi connectivity index (χ4v) is 3.23. The lowest BCUT2D eigenvalue weighted by Gasteiger charge is -2.10. The fraction of sp³-hybridized carbons (Fsp3) is 0.200. The van der Waals surface area contributed by atoms with Crippen LogP contribution in [0.1, 0.15) is 40.6 Å². The second-order valence-electron chi connectivity index (χ2n) is 6.77. The molecule has 27 heavy (non-hydrogen) atoms. The molecule has 1 aliphatic carbocycles. The van der Waals surface area contributed by atoms with E-state index < -0.39 is 0 Å². The molecule has 0 radical (unpaired) electrons. The van der Waals surface area contributed by atoms with Crippen molar-refractivity contribution in [3.05, 3.63) is 65.5 Å². The number of aromatic amines is 1. The minimum atomic E-state index is -0.388. The normalized spacial score (nSPS) is 14.0. The lowest BCUT2D eigenvalue weighted by atomic mass is 10.1. The molecule has 3 heterocycles. The van der Waals surface area contributed by atoms with Gasteiger partial charge in [0.05, 0.1) is 23.1 Å². The van der Waals surface area contributed by atoms with Gasteiger partial charge < -0.3 is 10.3 Å². The van der Waals surface area contributed by atoms with Crippen LogP contribution in [-0.2, 0) is 6.54 Å². The average Bonchev–Trinajstić information content (AvgIpc) is 3.44. The van der Waals surface area contributed by atoms with Crippen LogP contribution in [0, 0.1) is 5.82 Å². The maximum atomic E-state index is 13.7. The minimum Gasteiger partial charge on any atom is -0.345 e. The fourth-order valence-electron chi connectivity index (χ4n) is 3.23. The second kappa shape index (κ2) is 6.12. The molecule has 0 bridgehead atoms. The molecule has 0 unspecified atom stereocenters. The summed E-state index contributed by atoms with van der Waals surface area (Å²) in [6.45, 7) is 0.229. The van der Waals surface area contributed by atoms with Crippen LogP contribution in [0.5, 0.6) is 0 Å². The van der Waals surface area contributed by atoms with Crippen LogP contribution in [0.3, 0.4) is 0 Å². The number of hydrogen-bond donors (Lipinski definition) is 2. The highest BCUT2D eigenvalue weighted by molar-refractivity contribution is 6.06. The maximum Gasteiger partial charge on any atom is 0.252 e. The summed E-state index contributed by atoms with van der Waals surface area (Å²) in [6, 6.07) is 9.84. The van der Waals surface area contributed by atoms with Gasteiger partial charge in [-0.1, -0.05) is 0 Å². The Hall–Kier alpha value is -3.35. The number of pyridine rings is 2. The van der Waals surface area contributed by atoms with Gasteiger partial charge in [0.2, 0.25) is 0 Å². The highest BCUT2D eigenvalue weighted by Crippen LogP contribution is 2.40. The van der Waals surface area contributed by atoms with Crippen molar-refractivity contribution in [2.45, 2.75) is 25.3 Å². The number of carbonyl (C=O) groups is 1. The lowest BCUT2D eigenvalue weighted by Crippen LogP contribution is -2.24. The standard InChI is InChI=1S/C20H16FN5O/c21-12-5-6-15-13(8-12)14(9-17(24-15)11-3-4-11)20(27)23-10-18-25-16-2-1-7-22-19(16)26-18/h1-2,5-9,11H,3-4,10H2,(H,23,27)(H,22,25,26). The molecule has 1 aromatic carbocycles. The van der Waals surface area contributed by atoms with Gasteiger partial charge in [0.15, 0.2) is 5.65 Å². The van der Waals surface area contributed by atoms with Gasteiger partial charge in [-0.2, -0.15) is 0 Å². The van der Waals surface area contributed by atoms with Gasteiger partial charge in [-0.3, -0.25) is 9.78 Å². The summed E-state index contributed by atoms with van der Waals surface area (Å²) in [5.74, 6) is 0.348. The molecule has 1 fully saturated rings. The van der Waals surface area contributed by atoms with E-state index in [0.29, 0.717) is 33.9 Å². The summed E-state index contributed by atoms with van der Waals surface area (Å²) >= 11 is 0. The van der Waals surface area contributed by atoms with Gasteiger partial charge in [0.1, 0.15) is 11.6 Å². The van der Waals surface area contributed by atoms with Crippen molar-refractivity contribution >= 4 is 28.0 Å². The van der Waals surface area contributed by atoms with E-state index in [9.17, 15) is 9.18 Å². The van der Waals surface area contributed by atoms with E-state index in [1.54, 1.807) is 18.3 Å². The van der Waals surface area contributed by atoms with Crippen LogP contribution < -0.4 is 5.32 Å². The number of hydrogen-bond acceptors (Lipinski definition) is 4. The number of fused-ring (bicyclic) bond motifs is 2. The minimum absolute atomic E-state index is 0.229. The molecule has 3 aromatic heterocycles. The molecule has 0 aliphatic heterocycles. The molecule has 1 aliphatic rings. The molecule has 7 heteroatoms. The highest BCUT2D eigenvalue weighted by atomic mass is 19.1. The number of carbonyl (C=O) groups excluding carboxylic acids is 1. The highest BCUT2D eigenvalue weighted by Gasteiger charge is 2.27. The van der Waals surface area contributed by atoms with E-state index in [0.717, 1.165) is 24.1 Å². The largest absolute Gasteiger partial charge is 0.345 e. The Morgan fingerprint density at radius 2 is 2.11 bits per heavy atom. The zero-order valence-electron chi connectivity index (χ0n) is 14.4. The van der Waals surface area contributed by atoms with Gasteiger partial charge in [0, 0.05) is 23.2 Å². The number of nitrogens with one attached hydrogen (secondary N) is 2. The Balaban J connectivity index is 1.46. The predicted molar refractivity (Wildman–Crippen MR) is 98.7 cm³/mol. The van der Waals surface area contributed by atoms with Crippen LogP contribution in [0.2, 0.25) is 0 Å². The van der Waals surface area contributed by atoms with Crippen molar-refractivity contribution in [1.82, 2.24) is 25.3 Å². The average molecular weight is 361 g/mol. The Labute approximate surface area is 153 Å². The first-order chi connectivity index (χ1) is 13.2. The Morgan fingerprint density at radius 3 is 2.93 bits per heavy atom. The van der Waals surface area contributed by atoms with Crippen molar-refractivity contribution < 1.29 is 9.18 Å². The monoisotopic (exact) mass is 361 g/mol. The quantitative estimate of drug-likeness (QED) is 0.583. The molecule has 0 saturated heterocycles. The van der Waals surface area contributed by atoms with Crippen LogP contribution in [0.15, 0.2) is 42.6 Å². The van der Waals surface area contributed by atoms with Crippen molar-refractivity contribution in [3.63, 3.8) is 0 Å². The molecule has 6 nitrogen and oxygen atoms in total. The number of imidazole rings is 1. The molecule has 2 N–H and O–H groups in total. The molecule has 5 rings (SSSR count). The van der Waals surface area contributed by atoms with Crippen molar-refractivity contribution in [3.8, 4) is 0 Å². The summed E-state index contributed by atoms with van der Waals surface area (Å²) in [5, 5.41) is 3.38. The first kappa shape index (κ1) is 15.9. The van der Waals surface area contributed by atoms with Crippen molar-refractivity contribution in [2.75, 3.05) is 0 Å². The second-order valence-corrected chi connectivity index (χ2v) is 6.77. The lowest BCUT2D eigenvalue weighted by molar-refractivity contribution is 0.0951. The summed E-state index contributed by atoms with van der Waals surface area (Å²) in [6.07, 6.45) is 3.82. The number of rotatable bonds is 4. The van der Waals surface area contributed by atoms with Gasteiger partial charge in [-0.15, -0.1) is 0 Å². The molecule has 1 saturated carbocycles. The number of aromatic nitrogens is 4. The molecule has 134 valence electrons. The van der Waals surface area contributed by atoms with Gasteiger partial charge in [-0.25, -0.2) is 14.4 Å². The number of amides is 1. The maximum absolute atomic E-state index is 13.7. The third-order valence-electron chi connectivity index (χ3n) is 4.75. The van der Waals surface area contributed by atoms with Gasteiger partial charge in [-0.05, 0) is 49.2 Å². The molecule has 0 atom stereocenters. The van der Waals surface area contributed by atoms with Crippen LogP contribution >= 0.6 is 0 Å². The Morgan fingerprint density at radius 1 is 1.22 bits per heavy atom. The first-order valence-electron chi connectivity index (χ1n) is 8.85. The third kappa shape index (κ3) is 3.01. The molecular formula is C20H16FN5O. The summed E-state index contributed by atoms with van der Waals surface area (Å²) in [5.41, 5.74) is 3.39. The van der Waals surface area contributed by atoms with Crippen molar-refractivity contribution in [1.29, 1.82) is 0 Å². The Kier molecular flexibility index (Phi) is 3.60. The number of nitrogens with zero attached hydrogens (tertiary/aromatic N) is 3. The molecule has 4 aromatic rings. The summed E-state index contributed by atoms with van der Waals surface area (Å²) in [4.78, 5) is 29.1. The third-order valence-corrected chi connectivity index (χ3v) is 4.75. The summed E-state index contributed by atoms with van der Waals surface area (Å²) in [7, 11) is 0. The zero-order chi connectivity index (χ0) is 18.4. The van der Waals surface area contributed by atoms with E-state index in [-0.39, 0.29) is 18.3 Å². The first-order valence-corrected chi connectivity index (χ1v) is 8.85. The Bertz CT molecular complexity index is 1150. The molecule has 0 spiro atoms. The van der Waals surface area contributed by atoms with Gasteiger partial charge >= 0.3 is 0 Å². The van der Waals surface area contributed by atoms with E-state index in [1.165, 1.54) is 12.1 Å². The number of benzene rings is 1. The summed E-state index contributed by atoms with van der Waals surface area (Å²) < 4.78 is 13.7. The van der Waals surface area contributed by atoms with Crippen LogP contribution in [-0.4, -0.2) is 25.8 Å². The number of H-pyrrole nitrogens is 1. The molecule has 1 amide bonds. The van der Waals surface area contributed by atoms with E-state index in [1.807, 2.05) is 12.1 Å². The smallest absolute Gasteiger partial charge is 0.252 e. The van der Waals surface area contributed by atoms with E-state index in [2.05, 4.69) is 25.3 Å². The molecular weight excluding hydrogens is 345 g/mol. The SMILES string of the molecule is O=C(NCc1nc2ncccc2[nH]1)c1cc(C2CC2)nc2ccc(F)cc12. The topological polar surface area (TPSA) is 83.6 Å². The van der Waals surface area contributed by atoms with Gasteiger partial charge in [0.25, 0.3) is 5.91 Å². The van der Waals surface area contributed by atoms with E-state index >= 15 is 0 Å². The van der Waals surface area contributed by atoms with E-state index in [4.69, 9.17) is 0 Å². The van der Waals surface area contributed by atoms with Crippen LogP contribution in [0.4, 0.5) is 4.39 Å².